The predicted octanol–water partition coefficient (Wildman–Crippen LogP) is 1.86. The van der Waals surface area contributed by atoms with Gasteiger partial charge in [-0.3, -0.25) is 0 Å². The molecule has 1 unspecified atom stereocenters. The van der Waals surface area contributed by atoms with E-state index < -0.39 is 0 Å². The fourth-order valence-corrected chi connectivity index (χ4v) is 2.24. The van der Waals surface area contributed by atoms with E-state index >= 15 is 0 Å². The topological polar surface area (TPSA) is 47.0 Å². The summed E-state index contributed by atoms with van der Waals surface area (Å²) < 4.78 is 9.09. The molecule has 1 heterocycles. The number of hydrogen-bond donors (Lipinski definition) is 1. The van der Waals surface area contributed by atoms with Crippen LogP contribution in [-0.4, -0.2) is 23.7 Å². The maximum atomic E-state index is 5.21. The Kier molecular flexibility index (Phi) is 3.48. The highest BCUT2D eigenvalue weighted by Crippen LogP contribution is 2.25. The number of nitrogens with zero attached hydrogens (tertiary/aromatic N) is 2. The zero-order chi connectivity index (χ0) is 11.4. The highest BCUT2D eigenvalue weighted by atomic mass is 32.1. The van der Waals surface area contributed by atoms with Crippen LogP contribution < -0.4 is 10.1 Å². The van der Waals surface area contributed by atoms with Gasteiger partial charge in [-0.05, 0) is 36.3 Å². The molecule has 1 atom stereocenters. The predicted molar refractivity (Wildman–Crippen MR) is 63.8 cm³/mol. The van der Waals surface area contributed by atoms with Crippen molar-refractivity contribution in [3.63, 3.8) is 0 Å². The molecule has 0 amide bonds. The van der Waals surface area contributed by atoms with E-state index in [0.717, 1.165) is 16.2 Å². The molecule has 4 nitrogen and oxygen atoms in total. The first-order valence-electron chi connectivity index (χ1n) is 4.93. The fourth-order valence-electron chi connectivity index (χ4n) is 1.60. The number of hydrogen-bond acceptors (Lipinski definition) is 5. The van der Waals surface area contributed by atoms with Crippen molar-refractivity contribution in [1.29, 1.82) is 0 Å². The molecule has 84 valence electrons. The van der Waals surface area contributed by atoms with E-state index in [1.165, 1.54) is 11.5 Å². The van der Waals surface area contributed by atoms with Crippen LogP contribution in [0, 0.1) is 0 Å². The number of nitrogens with one attached hydrogen (secondary N) is 1. The molecule has 0 spiro atoms. The zero-order valence-electron chi connectivity index (χ0n) is 9.18. The standard InChI is InChI=1S/C11H13N3OS/c1-12-11(10-7-13-14-16-10)8-4-3-5-9(6-8)15-2/h3-7,11-12H,1-2H3. The highest BCUT2D eigenvalue weighted by molar-refractivity contribution is 7.05. The maximum Gasteiger partial charge on any atom is 0.119 e. The van der Waals surface area contributed by atoms with Crippen LogP contribution in [0.4, 0.5) is 0 Å². The monoisotopic (exact) mass is 235 g/mol. The molecule has 0 saturated carbocycles. The van der Waals surface area contributed by atoms with E-state index in [1.807, 2.05) is 25.2 Å². The second-order valence-electron chi connectivity index (χ2n) is 3.32. The molecule has 0 bridgehead atoms. The first-order valence-corrected chi connectivity index (χ1v) is 5.71. The second-order valence-corrected chi connectivity index (χ2v) is 4.14. The summed E-state index contributed by atoms with van der Waals surface area (Å²) in [6.07, 6.45) is 1.78. The Hall–Kier alpha value is -1.46. The van der Waals surface area contributed by atoms with Crippen molar-refractivity contribution >= 4 is 11.5 Å². The van der Waals surface area contributed by atoms with Crippen molar-refractivity contribution in [1.82, 2.24) is 14.9 Å². The molecule has 0 aliphatic rings. The van der Waals surface area contributed by atoms with Crippen LogP contribution in [0.5, 0.6) is 5.75 Å². The van der Waals surface area contributed by atoms with Gasteiger partial charge >= 0.3 is 0 Å². The van der Waals surface area contributed by atoms with E-state index in [1.54, 1.807) is 13.3 Å². The summed E-state index contributed by atoms with van der Waals surface area (Å²) in [7, 11) is 3.59. The average Bonchev–Trinajstić information content (AvgIpc) is 2.84. The first kappa shape index (κ1) is 11.0. The van der Waals surface area contributed by atoms with Crippen molar-refractivity contribution in [3.8, 4) is 5.75 Å². The van der Waals surface area contributed by atoms with Gasteiger partial charge in [0.05, 0.1) is 24.2 Å². The minimum Gasteiger partial charge on any atom is -0.497 e. The summed E-state index contributed by atoms with van der Waals surface area (Å²) in [6.45, 7) is 0. The van der Waals surface area contributed by atoms with Gasteiger partial charge in [-0.2, -0.15) is 0 Å². The molecule has 0 aliphatic heterocycles. The Labute approximate surface area is 98.4 Å². The third-order valence-electron chi connectivity index (χ3n) is 2.38. The van der Waals surface area contributed by atoms with Gasteiger partial charge in [0.15, 0.2) is 0 Å². The Morgan fingerprint density at radius 3 is 2.94 bits per heavy atom. The van der Waals surface area contributed by atoms with Crippen LogP contribution in [0.3, 0.4) is 0 Å². The van der Waals surface area contributed by atoms with Crippen molar-refractivity contribution in [2.45, 2.75) is 6.04 Å². The number of ether oxygens (including phenoxy) is 1. The molecule has 2 rings (SSSR count). The van der Waals surface area contributed by atoms with Gasteiger partial charge < -0.3 is 10.1 Å². The second kappa shape index (κ2) is 5.05. The maximum absolute atomic E-state index is 5.21. The molecular weight excluding hydrogens is 222 g/mol. The summed E-state index contributed by atoms with van der Waals surface area (Å²) in [5, 5.41) is 7.10. The van der Waals surface area contributed by atoms with Gasteiger partial charge in [0.25, 0.3) is 0 Å². The van der Waals surface area contributed by atoms with Crippen LogP contribution in [-0.2, 0) is 0 Å². The fraction of sp³-hybridized carbons (Fsp3) is 0.273. The Balaban J connectivity index is 2.33. The molecule has 1 N–H and O–H groups in total. The smallest absolute Gasteiger partial charge is 0.119 e. The molecule has 5 heteroatoms. The molecule has 2 aromatic rings. The van der Waals surface area contributed by atoms with Gasteiger partial charge in [-0.25, -0.2) is 0 Å². The average molecular weight is 235 g/mol. The summed E-state index contributed by atoms with van der Waals surface area (Å²) in [6, 6.07) is 8.10. The van der Waals surface area contributed by atoms with E-state index in [4.69, 9.17) is 4.74 Å². The Bertz CT molecular complexity index is 444. The van der Waals surface area contributed by atoms with E-state index in [9.17, 15) is 0 Å². The summed E-state index contributed by atoms with van der Waals surface area (Å²) in [5.41, 5.74) is 1.15. The first-order chi connectivity index (χ1) is 7.85. The van der Waals surface area contributed by atoms with Crippen LogP contribution in [0.1, 0.15) is 16.5 Å². The summed E-state index contributed by atoms with van der Waals surface area (Å²) in [4.78, 5) is 1.09. The lowest BCUT2D eigenvalue weighted by Crippen LogP contribution is -2.16. The molecule has 0 saturated heterocycles. The van der Waals surface area contributed by atoms with E-state index in [2.05, 4.69) is 21.0 Å². The molecule has 0 radical (unpaired) electrons. The zero-order valence-corrected chi connectivity index (χ0v) is 9.99. The SMILES string of the molecule is CNC(c1cccc(OC)c1)c1cnns1. The van der Waals surface area contributed by atoms with Crippen molar-refractivity contribution in [3.05, 3.63) is 40.9 Å². The lowest BCUT2D eigenvalue weighted by atomic mass is 10.1. The van der Waals surface area contributed by atoms with Crippen LogP contribution in [0.15, 0.2) is 30.5 Å². The van der Waals surface area contributed by atoms with E-state index in [0.29, 0.717) is 0 Å². The van der Waals surface area contributed by atoms with Crippen molar-refractivity contribution in [2.24, 2.45) is 0 Å². The van der Waals surface area contributed by atoms with Crippen molar-refractivity contribution < 1.29 is 4.74 Å². The molecule has 1 aromatic heterocycles. The van der Waals surface area contributed by atoms with Crippen LogP contribution in [0.25, 0.3) is 0 Å². The lowest BCUT2D eigenvalue weighted by molar-refractivity contribution is 0.414. The van der Waals surface area contributed by atoms with Gasteiger partial charge in [0.1, 0.15) is 5.75 Å². The van der Waals surface area contributed by atoms with Crippen LogP contribution >= 0.6 is 11.5 Å². The summed E-state index contributed by atoms with van der Waals surface area (Å²) in [5.74, 6) is 0.857. The number of benzene rings is 1. The number of aromatic nitrogens is 2. The summed E-state index contributed by atoms with van der Waals surface area (Å²) >= 11 is 1.40. The molecule has 16 heavy (non-hydrogen) atoms. The quantitative estimate of drug-likeness (QED) is 0.878. The number of methoxy groups -OCH3 is 1. The lowest BCUT2D eigenvalue weighted by Gasteiger charge is -2.14. The third-order valence-corrected chi connectivity index (χ3v) is 3.11. The van der Waals surface area contributed by atoms with Crippen molar-refractivity contribution in [2.75, 3.05) is 14.2 Å². The third kappa shape index (κ3) is 2.20. The molecule has 0 aliphatic carbocycles. The largest absolute Gasteiger partial charge is 0.497 e. The van der Waals surface area contributed by atoms with Gasteiger partial charge in [-0.15, -0.1) is 5.10 Å². The highest BCUT2D eigenvalue weighted by Gasteiger charge is 2.14. The van der Waals surface area contributed by atoms with Gasteiger partial charge in [0.2, 0.25) is 0 Å². The minimum atomic E-state index is 0.120. The normalized spacial score (nSPS) is 12.4. The van der Waals surface area contributed by atoms with E-state index in [-0.39, 0.29) is 6.04 Å². The Morgan fingerprint density at radius 2 is 2.31 bits per heavy atom. The van der Waals surface area contributed by atoms with Gasteiger partial charge in [-0.1, -0.05) is 16.6 Å². The molecular formula is C11H13N3OS. The molecule has 1 aromatic carbocycles. The number of rotatable bonds is 4. The Morgan fingerprint density at radius 1 is 1.44 bits per heavy atom. The molecule has 0 fully saturated rings. The van der Waals surface area contributed by atoms with Crippen LogP contribution in [0.2, 0.25) is 0 Å². The minimum absolute atomic E-state index is 0.120. The van der Waals surface area contributed by atoms with Gasteiger partial charge in [0, 0.05) is 0 Å².